The summed E-state index contributed by atoms with van der Waals surface area (Å²) in [6.07, 6.45) is -4.50. The highest BCUT2D eigenvalue weighted by Gasteiger charge is 2.27. The molecule has 1 aromatic rings. The van der Waals surface area contributed by atoms with Crippen molar-refractivity contribution in [2.75, 3.05) is 19.7 Å². The molecule has 0 saturated carbocycles. The third kappa shape index (κ3) is 6.44. The second-order valence-electron chi connectivity index (χ2n) is 4.19. The van der Waals surface area contributed by atoms with E-state index in [0.717, 1.165) is 6.07 Å². The zero-order chi connectivity index (χ0) is 15.9. The molecule has 0 saturated heterocycles. The van der Waals surface area contributed by atoms with E-state index in [2.05, 4.69) is 5.32 Å². The first kappa shape index (κ1) is 17.2. The van der Waals surface area contributed by atoms with Crippen LogP contribution in [0.15, 0.2) is 18.2 Å². The van der Waals surface area contributed by atoms with Crippen molar-refractivity contribution in [3.05, 3.63) is 29.6 Å². The molecule has 2 N–H and O–H groups in total. The number of alkyl halides is 3. The topological polar surface area (TPSA) is 50.4 Å². The second-order valence-corrected chi connectivity index (χ2v) is 4.19. The summed E-state index contributed by atoms with van der Waals surface area (Å²) in [4.78, 5) is 11.2. The maximum atomic E-state index is 13.6. The van der Waals surface area contributed by atoms with E-state index in [4.69, 9.17) is 4.74 Å². The average Bonchev–Trinajstić information content (AvgIpc) is 2.41. The third-order valence-corrected chi connectivity index (χ3v) is 2.45. The Bertz CT molecular complexity index is 478. The lowest BCUT2D eigenvalue weighted by atomic mass is 10.2. The van der Waals surface area contributed by atoms with Crippen LogP contribution in [0.25, 0.3) is 0 Å². The molecule has 8 heteroatoms. The van der Waals surface area contributed by atoms with E-state index in [0.29, 0.717) is 18.7 Å². The van der Waals surface area contributed by atoms with E-state index in [-0.39, 0.29) is 5.75 Å². The van der Waals surface area contributed by atoms with Crippen LogP contribution < -0.4 is 15.4 Å². The summed E-state index contributed by atoms with van der Waals surface area (Å²) >= 11 is 0. The molecule has 1 aromatic carbocycles. The van der Waals surface area contributed by atoms with E-state index in [1.54, 1.807) is 11.4 Å². The zero-order valence-electron chi connectivity index (χ0n) is 11.4. The van der Waals surface area contributed by atoms with Gasteiger partial charge in [0.2, 0.25) is 0 Å². The van der Waals surface area contributed by atoms with Crippen LogP contribution in [0.2, 0.25) is 0 Å². The summed E-state index contributed by atoms with van der Waals surface area (Å²) < 4.78 is 54.4. The van der Waals surface area contributed by atoms with Crippen molar-refractivity contribution >= 4 is 5.91 Å². The van der Waals surface area contributed by atoms with Crippen LogP contribution >= 0.6 is 0 Å². The van der Waals surface area contributed by atoms with E-state index in [9.17, 15) is 22.4 Å². The number of rotatable bonds is 7. The minimum Gasteiger partial charge on any atom is -0.480 e. The number of carbonyl (C=O) groups excluding carboxylic acids is 1. The molecule has 0 aliphatic heterocycles. The van der Waals surface area contributed by atoms with Gasteiger partial charge in [0.25, 0.3) is 5.91 Å². The Morgan fingerprint density at radius 1 is 1.33 bits per heavy atom. The van der Waals surface area contributed by atoms with Crippen molar-refractivity contribution in [1.29, 1.82) is 0 Å². The Kier molecular flexibility index (Phi) is 6.41. The second kappa shape index (κ2) is 7.82. The van der Waals surface area contributed by atoms with Crippen LogP contribution in [-0.2, 0) is 11.3 Å². The van der Waals surface area contributed by atoms with Crippen molar-refractivity contribution in [3.8, 4) is 5.75 Å². The van der Waals surface area contributed by atoms with Crippen molar-refractivity contribution in [2.45, 2.75) is 19.6 Å². The first-order valence-electron chi connectivity index (χ1n) is 6.28. The van der Waals surface area contributed by atoms with E-state index in [1.807, 2.05) is 6.92 Å². The van der Waals surface area contributed by atoms with Crippen LogP contribution in [0.3, 0.4) is 0 Å². The van der Waals surface area contributed by atoms with Crippen molar-refractivity contribution in [3.63, 3.8) is 0 Å². The molecule has 0 spiro atoms. The number of ether oxygens (including phenoxy) is 1. The van der Waals surface area contributed by atoms with Crippen LogP contribution in [0.4, 0.5) is 17.6 Å². The van der Waals surface area contributed by atoms with Crippen LogP contribution in [0.5, 0.6) is 5.75 Å². The summed E-state index contributed by atoms with van der Waals surface area (Å²) in [6.45, 7) is 0.715. The Morgan fingerprint density at radius 2 is 2.05 bits per heavy atom. The molecule has 1 amide bonds. The van der Waals surface area contributed by atoms with Gasteiger partial charge in [-0.1, -0.05) is 19.1 Å². The molecular weight excluding hydrogens is 292 g/mol. The molecule has 0 radical (unpaired) electrons. The molecule has 0 aromatic heterocycles. The molecule has 0 aliphatic rings. The number of hydrogen-bond acceptors (Lipinski definition) is 3. The van der Waals surface area contributed by atoms with Gasteiger partial charge < -0.3 is 15.4 Å². The number of hydrogen-bond donors (Lipinski definition) is 2. The fourth-order valence-electron chi connectivity index (χ4n) is 1.50. The first-order valence-corrected chi connectivity index (χ1v) is 6.28. The van der Waals surface area contributed by atoms with Crippen LogP contribution in [-0.4, -0.2) is 31.8 Å². The number of para-hydroxylation sites is 1. The molecule has 0 atom stereocenters. The quantitative estimate of drug-likeness (QED) is 0.758. The van der Waals surface area contributed by atoms with E-state index < -0.39 is 31.1 Å². The van der Waals surface area contributed by atoms with E-state index >= 15 is 0 Å². The molecule has 0 unspecified atom stereocenters. The normalized spacial score (nSPS) is 11.3. The van der Waals surface area contributed by atoms with Crippen molar-refractivity contribution < 1.29 is 27.1 Å². The molecule has 4 nitrogen and oxygen atoms in total. The lowest BCUT2D eigenvalue weighted by Gasteiger charge is -2.13. The summed E-state index contributed by atoms with van der Waals surface area (Å²) in [7, 11) is 0. The Hall–Kier alpha value is -1.83. The minimum absolute atomic E-state index is 0.138. The van der Waals surface area contributed by atoms with Gasteiger partial charge in [0.05, 0.1) is 0 Å². The summed E-state index contributed by atoms with van der Waals surface area (Å²) in [5.41, 5.74) is 0.487. The SMILES string of the molecule is CCNCc1cccc(F)c1OCC(=O)NCC(F)(F)F. The van der Waals surface area contributed by atoms with Gasteiger partial charge in [-0.3, -0.25) is 4.79 Å². The first-order chi connectivity index (χ1) is 9.83. The van der Waals surface area contributed by atoms with E-state index in [1.165, 1.54) is 6.07 Å². The monoisotopic (exact) mass is 308 g/mol. The van der Waals surface area contributed by atoms with Gasteiger partial charge >= 0.3 is 6.18 Å². The minimum atomic E-state index is -4.50. The number of nitrogens with one attached hydrogen (secondary N) is 2. The Balaban J connectivity index is 2.59. The molecule has 118 valence electrons. The highest BCUT2D eigenvalue weighted by molar-refractivity contribution is 5.77. The highest BCUT2D eigenvalue weighted by Crippen LogP contribution is 2.22. The predicted octanol–water partition coefficient (Wildman–Crippen LogP) is 1.99. The van der Waals surface area contributed by atoms with Gasteiger partial charge in [-0.15, -0.1) is 0 Å². The zero-order valence-corrected chi connectivity index (χ0v) is 11.4. The van der Waals surface area contributed by atoms with Gasteiger partial charge in [0, 0.05) is 12.1 Å². The lowest BCUT2D eigenvalue weighted by molar-refractivity contribution is -0.139. The molecule has 0 aliphatic carbocycles. The van der Waals surface area contributed by atoms with Gasteiger partial charge in [0.15, 0.2) is 18.2 Å². The smallest absolute Gasteiger partial charge is 0.405 e. The molecular formula is C13H16F4N2O2. The Morgan fingerprint density at radius 3 is 2.67 bits per heavy atom. The number of amides is 1. The molecule has 0 bridgehead atoms. The largest absolute Gasteiger partial charge is 0.480 e. The van der Waals surface area contributed by atoms with Gasteiger partial charge in [-0.25, -0.2) is 4.39 Å². The maximum Gasteiger partial charge on any atom is 0.405 e. The van der Waals surface area contributed by atoms with Crippen molar-refractivity contribution in [1.82, 2.24) is 10.6 Å². The summed E-state index contributed by atoms with van der Waals surface area (Å²) in [6, 6.07) is 4.24. The number of benzene rings is 1. The Labute approximate surface area is 119 Å². The fourth-order valence-corrected chi connectivity index (χ4v) is 1.50. The highest BCUT2D eigenvalue weighted by atomic mass is 19.4. The van der Waals surface area contributed by atoms with Gasteiger partial charge in [-0.05, 0) is 12.6 Å². The fraction of sp³-hybridized carbons (Fsp3) is 0.462. The van der Waals surface area contributed by atoms with Gasteiger partial charge in [-0.2, -0.15) is 13.2 Å². The maximum absolute atomic E-state index is 13.6. The molecule has 1 rings (SSSR count). The third-order valence-electron chi connectivity index (χ3n) is 2.45. The molecule has 21 heavy (non-hydrogen) atoms. The summed E-state index contributed by atoms with van der Waals surface area (Å²) in [5.74, 6) is -1.78. The number of carbonyl (C=O) groups is 1. The number of halogens is 4. The average molecular weight is 308 g/mol. The summed E-state index contributed by atoms with van der Waals surface area (Å²) in [5, 5.41) is 4.62. The molecule has 0 heterocycles. The van der Waals surface area contributed by atoms with Crippen LogP contribution in [0, 0.1) is 5.82 Å². The predicted molar refractivity (Wildman–Crippen MR) is 68.3 cm³/mol. The lowest BCUT2D eigenvalue weighted by Crippen LogP contribution is -2.36. The molecule has 0 fully saturated rings. The van der Waals surface area contributed by atoms with Gasteiger partial charge in [0.1, 0.15) is 6.54 Å². The standard InChI is InChI=1S/C13H16F4N2O2/c1-2-18-6-9-4-3-5-10(14)12(9)21-7-11(20)19-8-13(15,16)17/h3-5,18H,2,6-8H2,1H3,(H,19,20). The van der Waals surface area contributed by atoms with Crippen LogP contribution in [0.1, 0.15) is 12.5 Å². The van der Waals surface area contributed by atoms with Crippen molar-refractivity contribution in [2.24, 2.45) is 0 Å².